The maximum Gasteiger partial charge on any atom is 0.236 e. The molecule has 0 fully saturated rings. The molecule has 1 aromatic carbocycles. The molecule has 1 N–H and O–H groups in total. The molecular formula is C19H18N6OS2. The molecule has 3 aromatic heterocycles. The molecule has 0 spiro atoms. The predicted molar refractivity (Wildman–Crippen MR) is 112 cm³/mol. The van der Waals surface area contributed by atoms with Gasteiger partial charge in [0, 0.05) is 23.3 Å². The van der Waals surface area contributed by atoms with Crippen LogP contribution in [0.5, 0.6) is 0 Å². The predicted octanol–water partition coefficient (Wildman–Crippen LogP) is 3.86. The Hall–Kier alpha value is -2.91. The number of hydrogen-bond donors (Lipinski definition) is 1. The molecule has 0 saturated carbocycles. The fourth-order valence-electron chi connectivity index (χ4n) is 2.63. The lowest BCUT2D eigenvalue weighted by molar-refractivity contribution is -0.113. The van der Waals surface area contributed by atoms with Crippen LogP contribution < -0.4 is 5.32 Å². The van der Waals surface area contributed by atoms with Gasteiger partial charge in [0.05, 0.1) is 11.4 Å². The first-order valence-electron chi connectivity index (χ1n) is 8.61. The van der Waals surface area contributed by atoms with Crippen LogP contribution >= 0.6 is 23.1 Å². The Morgan fingerprint density at radius 1 is 1.14 bits per heavy atom. The topological polar surface area (TPSA) is 77.6 Å². The highest BCUT2D eigenvalue weighted by Crippen LogP contribution is 2.25. The van der Waals surface area contributed by atoms with E-state index in [0.717, 1.165) is 17.1 Å². The second kappa shape index (κ2) is 7.99. The number of aromatic nitrogens is 5. The molecule has 0 bridgehead atoms. The van der Waals surface area contributed by atoms with Crippen molar-refractivity contribution in [1.82, 2.24) is 24.5 Å². The van der Waals surface area contributed by atoms with Crippen LogP contribution in [0.15, 0.2) is 59.3 Å². The highest BCUT2D eigenvalue weighted by molar-refractivity contribution is 7.99. The quantitative estimate of drug-likeness (QED) is 0.488. The summed E-state index contributed by atoms with van der Waals surface area (Å²) >= 11 is 2.75. The van der Waals surface area contributed by atoms with E-state index in [2.05, 4.69) is 20.5 Å². The van der Waals surface area contributed by atoms with Gasteiger partial charge in [0.2, 0.25) is 11.1 Å². The zero-order valence-electron chi connectivity index (χ0n) is 15.4. The summed E-state index contributed by atoms with van der Waals surface area (Å²) in [4.78, 5) is 16.9. The minimum absolute atomic E-state index is 0.130. The zero-order valence-corrected chi connectivity index (χ0v) is 17.0. The summed E-state index contributed by atoms with van der Waals surface area (Å²) in [6, 6.07) is 12.0. The van der Waals surface area contributed by atoms with Crippen molar-refractivity contribution >= 4 is 34.1 Å². The van der Waals surface area contributed by atoms with E-state index in [1.54, 1.807) is 0 Å². The van der Waals surface area contributed by atoms with Crippen molar-refractivity contribution < 1.29 is 4.79 Å². The van der Waals surface area contributed by atoms with Crippen molar-refractivity contribution in [3.63, 3.8) is 0 Å². The van der Waals surface area contributed by atoms with Gasteiger partial charge < -0.3 is 5.32 Å². The summed E-state index contributed by atoms with van der Waals surface area (Å²) in [5.74, 6) is 0.843. The van der Waals surface area contributed by atoms with Gasteiger partial charge in [-0.3, -0.25) is 9.47 Å². The van der Waals surface area contributed by atoms with E-state index in [9.17, 15) is 4.79 Å². The van der Waals surface area contributed by atoms with E-state index >= 15 is 0 Å². The molecular weight excluding hydrogens is 392 g/mol. The number of carbonyl (C=O) groups excluding carboxylic acids is 1. The lowest BCUT2D eigenvalue weighted by atomic mass is 10.1. The number of hydrogen-bond acceptors (Lipinski definition) is 6. The number of thiazole rings is 1. The number of nitrogens with zero attached hydrogens (tertiary/aromatic N) is 5. The van der Waals surface area contributed by atoms with Gasteiger partial charge in [-0.2, -0.15) is 0 Å². The van der Waals surface area contributed by atoms with Gasteiger partial charge in [-0.1, -0.05) is 41.6 Å². The Bertz CT molecular complexity index is 1080. The number of nitrogens with one attached hydrogen (secondary N) is 1. The van der Waals surface area contributed by atoms with Crippen molar-refractivity contribution in [3.05, 3.63) is 65.6 Å². The Morgan fingerprint density at radius 2 is 1.89 bits per heavy atom. The fraction of sp³-hybridized carbons (Fsp3) is 0.158. The van der Waals surface area contributed by atoms with Gasteiger partial charge in [0.15, 0.2) is 11.0 Å². The molecule has 0 unspecified atom stereocenters. The van der Waals surface area contributed by atoms with Crippen molar-refractivity contribution in [3.8, 4) is 11.3 Å². The lowest BCUT2D eigenvalue weighted by Gasteiger charge is -2.08. The standard InChI is InChI=1S/C19H18N6OS2/c1-13-5-7-15(8-6-13)16-11-27-18(20-16)21-17(26)12-28-19-23-22-14(2)25(19)24-9-3-4-10-24/h3-11H,12H2,1-2H3,(H,20,21,26). The van der Waals surface area contributed by atoms with Gasteiger partial charge in [0.25, 0.3) is 0 Å². The lowest BCUT2D eigenvalue weighted by Crippen LogP contribution is -2.15. The molecule has 142 valence electrons. The molecule has 4 aromatic rings. The number of amides is 1. The van der Waals surface area contributed by atoms with Crippen LogP contribution in [0.4, 0.5) is 5.13 Å². The Kier molecular flexibility index (Phi) is 5.27. The number of anilines is 1. The minimum atomic E-state index is -0.130. The van der Waals surface area contributed by atoms with Gasteiger partial charge in [-0.05, 0) is 26.0 Å². The van der Waals surface area contributed by atoms with Crippen LogP contribution in [0.25, 0.3) is 11.3 Å². The third-order valence-electron chi connectivity index (χ3n) is 4.02. The van der Waals surface area contributed by atoms with E-state index in [1.807, 2.05) is 77.4 Å². The van der Waals surface area contributed by atoms with Crippen molar-refractivity contribution in [2.24, 2.45) is 0 Å². The molecule has 1 amide bonds. The van der Waals surface area contributed by atoms with E-state index in [4.69, 9.17) is 0 Å². The molecule has 4 rings (SSSR count). The highest BCUT2D eigenvalue weighted by Gasteiger charge is 2.14. The first-order valence-corrected chi connectivity index (χ1v) is 10.5. The third kappa shape index (κ3) is 4.00. The van der Waals surface area contributed by atoms with Crippen molar-refractivity contribution in [1.29, 1.82) is 0 Å². The molecule has 0 saturated heterocycles. The monoisotopic (exact) mass is 410 g/mol. The summed E-state index contributed by atoms with van der Waals surface area (Å²) in [5.41, 5.74) is 3.09. The molecule has 0 aliphatic rings. The van der Waals surface area contributed by atoms with E-state index < -0.39 is 0 Å². The van der Waals surface area contributed by atoms with Gasteiger partial charge >= 0.3 is 0 Å². The van der Waals surface area contributed by atoms with Crippen LogP contribution in [-0.2, 0) is 4.79 Å². The molecule has 28 heavy (non-hydrogen) atoms. The molecule has 0 aliphatic carbocycles. The molecule has 3 heterocycles. The number of thioether (sulfide) groups is 1. The highest BCUT2D eigenvalue weighted by atomic mass is 32.2. The Balaban J connectivity index is 1.39. The normalized spacial score (nSPS) is 10.9. The Labute approximate surface area is 170 Å². The fourth-order valence-corrected chi connectivity index (χ4v) is 4.14. The average Bonchev–Trinajstić information content (AvgIpc) is 3.42. The molecule has 0 atom stereocenters. The van der Waals surface area contributed by atoms with E-state index in [1.165, 1.54) is 28.7 Å². The summed E-state index contributed by atoms with van der Waals surface area (Å²) < 4.78 is 3.74. The number of benzene rings is 1. The number of rotatable bonds is 6. The van der Waals surface area contributed by atoms with Crippen LogP contribution in [0.3, 0.4) is 0 Å². The van der Waals surface area contributed by atoms with Gasteiger partial charge in [-0.15, -0.1) is 21.5 Å². The number of aryl methyl sites for hydroxylation is 2. The molecule has 9 heteroatoms. The first kappa shape index (κ1) is 18.5. The zero-order chi connectivity index (χ0) is 19.5. The second-order valence-electron chi connectivity index (χ2n) is 6.15. The maximum atomic E-state index is 12.4. The van der Waals surface area contributed by atoms with Crippen molar-refractivity contribution in [2.45, 2.75) is 19.0 Å². The maximum absolute atomic E-state index is 12.4. The summed E-state index contributed by atoms with van der Waals surface area (Å²) in [6.45, 7) is 3.92. The smallest absolute Gasteiger partial charge is 0.236 e. The number of carbonyl (C=O) groups is 1. The van der Waals surface area contributed by atoms with Crippen LogP contribution in [0.1, 0.15) is 11.4 Å². The van der Waals surface area contributed by atoms with Crippen LogP contribution in [-0.4, -0.2) is 36.2 Å². The third-order valence-corrected chi connectivity index (χ3v) is 5.69. The van der Waals surface area contributed by atoms with Crippen molar-refractivity contribution in [2.75, 3.05) is 11.1 Å². The van der Waals surface area contributed by atoms with E-state index in [-0.39, 0.29) is 11.7 Å². The van der Waals surface area contributed by atoms with Crippen LogP contribution in [0, 0.1) is 13.8 Å². The summed E-state index contributed by atoms with van der Waals surface area (Å²) in [5, 5.41) is 14.3. The van der Waals surface area contributed by atoms with E-state index in [0.29, 0.717) is 10.3 Å². The first-order chi connectivity index (χ1) is 13.6. The molecule has 7 nitrogen and oxygen atoms in total. The largest absolute Gasteiger partial charge is 0.301 e. The van der Waals surface area contributed by atoms with Crippen LogP contribution in [0.2, 0.25) is 0 Å². The molecule has 0 radical (unpaired) electrons. The SMILES string of the molecule is Cc1ccc(-c2csc(NC(=O)CSc3nnc(C)n3-n3cccc3)n2)cc1. The van der Waals surface area contributed by atoms with Gasteiger partial charge in [-0.25, -0.2) is 9.66 Å². The van der Waals surface area contributed by atoms with Gasteiger partial charge in [0.1, 0.15) is 0 Å². The Morgan fingerprint density at radius 3 is 2.64 bits per heavy atom. The minimum Gasteiger partial charge on any atom is -0.301 e. The average molecular weight is 411 g/mol. The summed E-state index contributed by atoms with van der Waals surface area (Å²) in [6.07, 6.45) is 3.81. The molecule has 0 aliphatic heterocycles. The second-order valence-corrected chi connectivity index (χ2v) is 7.95. The summed E-state index contributed by atoms with van der Waals surface area (Å²) in [7, 11) is 0.